The molecule has 1 aliphatic rings. The number of H-pyrrole nitrogens is 1. The molecule has 0 spiro atoms. The molecule has 3 rings (SSSR count). The second-order valence-corrected chi connectivity index (χ2v) is 6.96. The zero-order chi connectivity index (χ0) is 20.3. The predicted octanol–water partition coefficient (Wildman–Crippen LogP) is 1.33. The zero-order valence-corrected chi connectivity index (χ0v) is 15.7. The van der Waals surface area contributed by atoms with Crippen molar-refractivity contribution in [3.63, 3.8) is 0 Å². The van der Waals surface area contributed by atoms with Gasteiger partial charge < -0.3 is 25.0 Å². The third-order valence-electron chi connectivity index (χ3n) is 4.79. The van der Waals surface area contributed by atoms with Crippen LogP contribution in [0.25, 0.3) is 0 Å². The Kier molecular flexibility index (Phi) is 6.05. The lowest BCUT2D eigenvalue weighted by Crippen LogP contribution is -2.36. The molecule has 1 aromatic carbocycles. The van der Waals surface area contributed by atoms with E-state index in [0.29, 0.717) is 18.6 Å². The lowest BCUT2D eigenvalue weighted by molar-refractivity contribution is -0.0236. The molecule has 0 radical (unpaired) electrons. The van der Waals surface area contributed by atoms with E-state index in [1.165, 1.54) is 24.3 Å². The Morgan fingerprint density at radius 2 is 2.11 bits per heavy atom. The van der Waals surface area contributed by atoms with Crippen molar-refractivity contribution < 1.29 is 19.0 Å². The SMILES string of the molecule is CN(C)C1CCOC(c2nc(C(=O)NCc3ccc(F)cc3)c(O)c(=O)[nH]2)C1. The Morgan fingerprint density at radius 1 is 1.39 bits per heavy atom. The van der Waals surface area contributed by atoms with Gasteiger partial charge in [-0.05, 0) is 44.6 Å². The fourth-order valence-corrected chi connectivity index (χ4v) is 3.10. The minimum Gasteiger partial charge on any atom is -0.501 e. The first-order valence-corrected chi connectivity index (χ1v) is 8.99. The molecule has 3 N–H and O–H groups in total. The molecule has 1 fully saturated rings. The molecule has 1 saturated heterocycles. The molecule has 2 unspecified atom stereocenters. The Hall–Kier alpha value is -2.78. The smallest absolute Gasteiger partial charge is 0.294 e. The molecule has 1 aliphatic heterocycles. The van der Waals surface area contributed by atoms with E-state index < -0.39 is 23.3 Å². The van der Waals surface area contributed by atoms with E-state index >= 15 is 0 Å². The molecule has 9 heteroatoms. The number of carbonyl (C=O) groups is 1. The maximum Gasteiger partial charge on any atom is 0.294 e. The number of aromatic hydroxyl groups is 1. The van der Waals surface area contributed by atoms with E-state index in [-0.39, 0.29) is 29.9 Å². The molecule has 2 heterocycles. The van der Waals surface area contributed by atoms with Gasteiger partial charge in [0.2, 0.25) is 5.75 Å². The quantitative estimate of drug-likeness (QED) is 0.711. The number of nitrogens with one attached hydrogen (secondary N) is 2. The summed E-state index contributed by atoms with van der Waals surface area (Å²) in [6.07, 6.45) is 0.992. The monoisotopic (exact) mass is 390 g/mol. The molecule has 0 aliphatic carbocycles. The number of hydrogen-bond donors (Lipinski definition) is 3. The Labute approximate surface area is 161 Å². The summed E-state index contributed by atoms with van der Waals surface area (Å²) in [6, 6.07) is 5.88. The summed E-state index contributed by atoms with van der Waals surface area (Å²) in [7, 11) is 3.93. The summed E-state index contributed by atoms with van der Waals surface area (Å²) in [5.74, 6) is -1.62. The number of hydrogen-bond acceptors (Lipinski definition) is 6. The topological polar surface area (TPSA) is 108 Å². The largest absolute Gasteiger partial charge is 0.501 e. The number of benzene rings is 1. The number of rotatable bonds is 5. The molecule has 8 nitrogen and oxygen atoms in total. The van der Waals surface area contributed by atoms with Crippen molar-refractivity contribution >= 4 is 5.91 Å². The molecule has 0 bridgehead atoms. The molecule has 150 valence electrons. The van der Waals surface area contributed by atoms with E-state index in [9.17, 15) is 19.1 Å². The molecule has 2 atom stereocenters. The van der Waals surface area contributed by atoms with Gasteiger partial charge in [0.15, 0.2) is 5.69 Å². The van der Waals surface area contributed by atoms with Crippen molar-refractivity contribution in [1.29, 1.82) is 0 Å². The average molecular weight is 390 g/mol. The van der Waals surface area contributed by atoms with Crippen molar-refractivity contribution in [2.24, 2.45) is 0 Å². The third kappa shape index (κ3) is 4.55. The van der Waals surface area contributed by atoms with Gasteiger partial charge >= 0.3 is 0 Å². The standard InChI is InChI=1S/C19H23FN4O4/c1-24(2)13-7-8-28-14(9-13)17-22-15(16(25)19(27)23-17)18(26)21-10-11-3-5-12(20)6-4-11/h3-6,13-14,25H,7-10H2,1-2H3,(H,21,26)(H,22,23,27). The van der Waals surface area contributed by atoms with E-state index in [4.69, 9.17) is 4.74 Å². The number of amides is 1. The van der Waals surface area contributed by atoms with Crippen LogP contribution < -0.4 is 10.9 Å². The van der Waals surface area contributed by atoms with Crippen molar-refractivity contribution in [3.05, 3.63) is 57.5 Å². The van der Waals surface area contributed by atoms with Crippen LogP contribution in [0.15, 0.2) is 29.1 Å². The Balaban J connectivity index is 1.78. The second-order valence-electron chi connectivity index (χ2n) is 6.96. The average Bonchev–Trinajstić information content (AvgIpc) is 2.69. The Bertz CT molecular complexity index is 898. The van der Waals surface area contributed by atoms with Gasteiger partial charge in [-0.3, -0.25) is 9.59 Å². The molecule has 2 aromatic rings. The lowest BCUT2D eigenvalue weighted by atomic mass is 10.0. The van der Waals surface area contributed by atoms with Gasteiger partial charge in [0.25, 0.3) is 11.5 Å². The van der Waals surface area contributed by atoms with Crippen molar-refractivity contribution in [3.8, 4) is 5.75 Å². The zero-order valence-electron chi connectivity index (χ0n) is 15.7. The molecule has 0 saturated carbocycles. The number of aromatic amines is 1. The number of halogens is 1. The number of carbonyl (C=O) groups excluding carboxylic acids is 1. The van der Waals surface area contributed by atoms with Crippen LogP contribution in [0.5, 0.6) is 5.75 Å². The first-order chi connectivity index (χ1) is 13.3. The summed E-state index contributed by atoms with van der Waals surface area (Å²) in [6.45, 7) is 0.606. The number of nitrogens with zero attached hydrogens (tertiary/aromatic N) is 2. The van der Waals surface area contributed by atoms with Gasteiger partial charge in [0.1, 0.15) is 17.7 Å². The van der Waals surface area contributed by atoms with Crippen LogP contribution in [0.1, 0.15) is 40.8 Å². The van der Waals surface area contributed by atoms with Gasteiger partial charge in [0, 0.05) is 19.2 Å². The maximum atomic E-state index is 13.0. The summed E-state index contributed by atoms with van der Waals surface area (Å²) < 4.78 is 18.7. The van der Waals surface area contributed by atoms with E-state index in [2.05, 4.69) is 20.2 Å². The van der Waals surface area contributed by atoms with Gasteiger partial charge in [-0.2, -0.15) is 0 Å². The fraction of sp³-hybridized carbons (Fsp3) is 0.421. The second kappa shape index (κ2) is 8.49. The van der Waals surface area contributed by atoms with Crippen molar-refractivity contribution in [2.75, 3.05) is 20.7 Å². The summed E-state index contributed by atoms with van der Waals surface area (Å²) in [5.41, 5.74) is -0.493. The normalized spacial score (nSPS) is 19.6. The van der Waals surface area contributed by atoms with E-state index in [0.717, 1.165) is 6.42 Å². The first kappa shape index (κ1) is 20.0. The van der Waals surface area contributed by atoms with E-state index in [1.807, 2.05) is 14.1 Å². The van der Waals surface area contributed by atoms with Crippen molar-refractivity contribution in [2.45, 2.75) is 31.5 Å². The third-order valence-corrected chi connectivity index (χ3v) is 4.79. The summed E-state index contributed by atoms with van der Waals surface area (Å²) >= 11 is 0. The maximum absolute atomic E-state index is 13.0. The number of ether oxygens (including phenoxy) is 1. The summed E-state index contributed by atoms with van der Waals surface area (Å²) in [4.78, 5) is 33.3. The predicted molar refractivity (Wildman–Crippen MR) is 99.5 cm³/mol. The fourth-order valence-electron chi connectivity index (χ4n) is 3.10. The lowest BCUT2D eigenvalue weighted by Gasteiger charge is -2.33. The number of aromatic nitrogens is 2. The highest BCUT2D eigenvalue weighted by molar-refractivity contribution is 5.94. The highest BCUT2D eigenvalue weighted by Gasteiger charge is 2.29. The van der Waals surface area contributed by atoms with Crippen LogP contribution in [0, 0.1) is 5.82 Å². The highest BCUT2D eigenvalue weighted by Crippen LogP contribution is 2.28. The minimum absolute atomic E-state index is 0.102. The van der Waals surface area contributed by atoms with Crippen LogP contribution in [0.2, 0.25) is 0 Å². The highest BCUT2D eigenvalue weighted by atomic mass is 19.1. The van der Waals surface area contributed by atoms with Gasteiger partial charge in [-0.25, -0.2) is 9.37 Å². The molecule has 1 aromatic heterocycles. The first-order valence-electron chi connectivity index (χ1n) is 8.99. The van der Waals surface area contributed by atoms with Gasteiger partial charge in [-0.15, -0.1) is 0 Å². The summed E-state index contributed by atoms with van der Waals surface area (Å²) in [5, 5.41) is 12.6. The van der Waals surface area contributed by atoms with Crippen LogP contribution in [-0.4, -0.2) is 52.6 Å². The van der Waals surface area contributed by atoms with Crippen molar-refractivity contribution in [1.82, 2.24) is 20.2 Å². The van der Waals surface area contributed by atoms with Gasteiger partial charge in [-0.1, -0.05) is 12.1 Å². The minimum atomic E-state index is -0.799. The molecule has 1 amide bonds. The van der Waals surface area contributed by atoms with Crippen LogP contribution >= 0.6 is 0 Å². The van der Waals surface area contributed by atoms with Crippen LogP contribution in [0.4, 0.5) is 4.39 Å². The van der Waals surface area contributed by atoms with Crippen LogP contribution in [-0.2, 0) is 11.3 Å². The molecule has 28 heavy (non-hydrogen) atoms. The van der Waals surface area contributed by atoms with Crippen LogP contribution in [0.3, 0.4) is 0 Å². The Morgan fingerprint density at radius 3 is 2.79 bits per heavy atom. The molecular weight excluding hydrogens is 367 g/mol. The van der Waals surface area contributed by atoms with E-state index in [1.54, 1.807) is 0 Å². The molecular formula is C19H23FN4O4. The van der Waals surface area contributed by atoms with Gasteiger partial charge in [0.05, 0.1) is 0 Å².